The molecule has 178 valence electrons. The van der Waals surface area contributed by atoms with Crippen LogP contribution in [0, 0.1) is 41.4 Å². The Kier molecular flexibility index (Phi) is 6.26. The van der Waals surface area contributed by atoms with Crippen molar-refractivity contribution in [2.45, 2.75) is 62.2 Å². The first-order valence-electron chi connectivity index (χ1n) is 12.2. The highest BCUT2D eigenvalue weighted by atomic mass is 79.9. The fourth-order valence-corrected chi connectivity index (χ4v) is 8.68. The van der Waals surface area contributed by atoms with E-state index in [1.165, 1.54) is 11.3 Å². The molecule has 1 saturated heterocycles. The van der Waals surface area contributed by atoms with Gasteiger partial charge in [-0.25, -0.2) is 4.79 Å². The van der Waals surface area contributed by atoms with Gasteiger partial charge in [0.2, 0.25) is 11.8 Å². The number of carbonyl (C=O) groups is 3. The summed E-state index contributed by atoms with van der Waals surface area (Å²) in [5.74, 6) is 0.760. The zero-order chi connectivity index (χ0) is 23.6. The number of fused-ring (bicyclic) bond motifs is 5. The Balaban J connectivity index is 1.30. The molecule has 3 aliphatic carbocycles. The molecule has 1 heterocycles. The molecule has 1 aromatic carbocycles. The van der Waals surface area contributed by atoms with E-state index in [2.05, 4.69) is 52.6 Å². The molecule has 0 spiro atoms. The molecule has 0 radical (unpaired) electrons. The Morgan fingerprint density at radius 2 is 1.55 bits per heavy atom. The SMILES string of the molecule is CC(C)[C@@H]1CC[C@H](C)C[C@H]1OC(=O)c1ccc(N2C(=O)[C@@H]3[C@@H]4C[C@H]([C@H](Br)[C@@H]4Br)[C@@H]3C2=O)cc1. The highest BCUT2D eigenvalue weighted by molar-refractivity contribution is 9.12. The van der Waals surface area contributed by atoms with Crippen LogP contribution in [0.2, 0.25) is 0 Å². The Labute approximate surface area is 212 Å². The van der Waals surface area contributed by atoms with Gasteiger partial charge in [-0.3, -0.25) is 14.5 Å². The molecule has 2 amide bonds. The topological polar surface area (TPSA) is 63.7 Å². The molecule has 0 aromatic heterocycles. The first kappa shape index (κ1) is 23.5. The van der Waals surface area contributed by atoms with Crippen LogP contribution in [0.3, 0.4) is 0 Å². The van der Waals surface area contributed by atoms with E-state index in [0.29, 0.717) is 29.0 Å². The third-order valence-electron chi connectivity index (χ3n) is 8.57. The number of hydrogen-bond acceptors (Lipinski definition) is 4. The fraction of sp³-hybridized carbons (Fsp3) is 0.654. The van der Waals surface area contributed by atoms with Gasteiger partial charge in [0.15, 0.2) is 0 Å². The second kappa shape index (κ2) is 8.78. The van der Waals surface area contributed by atoms with Crippen LogP contribution in [0.1, 0.15) is 56.8 Å². The first-order chi connectivity index (χ1) is 15.7. The lowest BCUT2D eigenvalue weighted by atomic mass is 9.75. The summed E-state index contributed by atoms with van der Waals surface area (Å²) in [5.41, 5.74) is 0.999. The summed E-state index contributed by atoms with van der Waals surface area (Å²) >= 11 is 7.45. The molecular formula is C26H31Br2NO4. The number of esters is 1. The minimum Gasteiger partial charge on any atom is -0.458 e. The second-order valence-corrected chi connectivity index (χ2v) is 12.9. The lowest BCUT2D eigenvalue weighted by molar-refractivity contribution is -0.123. The molecule has 2 bridgehead atoms. The third-order valence-corrected chi connectivity index (χ3v) is 11.8. The van der Waals surface area contributed by atoms with Crippen molar-refractivity contribution in [2.75, 3.05) is 4.90 Å². The number of benzene rings is 1. The van der Waals surface area contributed by atoms with E-state index in [-0.39, 0.29) is 57.2 Å². The number of amides is 2. The van der Waals surface area contributed by atoms with Gasteiger partial charge in [-0.05, 0) is 73.1 Å². The summed E-state index contributed by atoms with van der Waals surface area (Å²) in [6.07, 6.45) is 4.02. The average molecular weight is 581 g/mol. The maximum absolute atomic E-state index is 13.2. The van der Waals surface area contributed by atoms with Crippen molar-refractivity contribution in [3.8, 4) is 0 Å². The molecule has 4 aliphatic rings. The normalized spacial score (nSPS) is 39.9. The van der Waals surface area contributed by atoms with Gasteiger partial charge >= 0.3 is 5.97 Å². The van der Waals surface area contributed by atoms with Crippen molar-refractivity contribution in [3.63, 3.8) is 0 Å². The Hall–Kier alpha value is -1.21. The largest absolute Gasteiger partial charge is 0.458 e. The van der Waals surface area contributed by atoms with Gasteiger partial charge in [-0.1, -0.05) is 59.1 Å². The fourth-order valence-electron chi connectivity index (χ4n) is 6.81. The summed E-state index contributed by atoms with van der Waals surface area (Å²) in [7, 11) is 0. The number of nitrogens with zero attached hydrogens (tertiary/aromatic N) is 1. The standard InChI is InChI=1S/C26H31Br2NO4/c1-12(2)16-9-4-13(3)10-19(16)33-26(32)14-5-7-15(8-6-14)29-24(30)20-17-11-18(21(20)25(29)31)23(28)22(17)27/h5-8,12-13,16-23H,4,9-11H2,1-3H3/t13-,16-,17-,18-,19+,20-,21+,22-,23+/m0/s1. The van der Waals surface area contributed by atoms with E-state index < -0.39 is 0 Å². The monoisotopic (exact) mass is 579 g/mol. The lowest BCUT2D eigenvalue weighted by Gasteiger charge is -2.36. The molecule has 1 aliphatic heterocycles. The Morgan fingerprint density at radius 3 is 2.09 bits per heavy atom. The maximum atomic E-state index is 13.2. The zero-order valence-electron chi connectivity index (χ0n) is 19.2. The predicted molar refractivity (Wildman–Crippen MR) is 133 cm³/mol. The summed E-state index contributed by atoms with van der Waals surface area (Å²) in [4.78, 5) is 41.1. The quantitative estimate of drug-likeness (QED) is 0.265. The maximum Gasteiger partial charge on any atom is 0.338 e. The predicted octanol–water partition coefficient (Wildman–Crippen LogP) is 5.59. The summed E-state index contributed by atoms with van der Waals surface area (Å²) in [6, 6.07) is 6.77. The molecule has 4 fully saturated rings. The van der Waals surface area contributed by atoms with E-state index >= 15 is 0 Å². The highest BCUT2D eigenvalue weighted by Crippen LogP contribution is 2.60. The van der Waals surface area contributed by atoms with Crippen LogP contribution >= 0.6 is 31.9 Å². The average Bonchev–Trinajstić information content (AvgIpc) is 3.38. The summed E-state index contributed by atoms with van der Waals surface area (Å²) in [6.45, 7) is 6.60. The van der Waals surface area contributed by atoms with Crippen molar-refractivity contribution in [3.05, 3.63) is 29.8 Å². The Bertz CT molecular complexity index is 932. The van der Waals surface area contributed by atoms with Crippen LogP contribution in [-0.4, -0.2) is 33.5 Å². The summed E-state index contributed by atoms with van der Waals surface area (Å²) < 4.78 is 5.95. The van der Waals surface area contributed by atoms with E-state index in [1.54, 1.807) is 24.3 Å². The Morgan fingerprint density at radius 1 is 0.970 bits per heavy atom. The van der Waals surface area contributed by atoms with Gasteiger partial charge in [0.1, 0.15) is 6.10 Å². The van der Waals surface area contributed by atoms with Gasteiger partial charge < -0.3 is 4.74 Å². The van der Waals surface area contributed by atoms with Crippen molar-refractivity contribution in [1.82, 2.24) is 0 Å². The smallest absolute Gasteiger partial charge is 0.338 e. The molecule has 33 heavy (non-hydrogen) atoms. The number of imide groups is 1. The van der Waals surface area contributed by atoms with Crippen LogP contribution in [0.25, 0.3) is 0 Å². The molecule has 7 heteroatoms. The number of hydrogen-bond donors (Lipinski definition) is 0. The number of carbonyl (C=O) groups excluding carboxylic acids is 3. The molecule has 3 saturated carbocycles. The summed E-state index contributed by atoms with van der Waals surface area (Å²) in [5, 5.41) is 0. The van der Waals surface area contributed by atoms with Gasteiger partial charge in [-0.15, -0.1) is 0 Å². The van der Waals surface area contributed by atoms with E-state index in [1.807, 2.05) is 0 Å². The molecule has 0 N–H and O–H groups in total. The first-order valence-corrected chi connectivity index (χ1v) is 14.0. The number of anilines is 1. The molecule has 0 unspecified atom stereocenters. The van der Waals surface area contributed by atoms with Crippen molar-refractivity contribution >= 4 is 55.3 Å². The van der Waals surface area contributed by atoms with E-state index in [4.69, 9.17) is 4.74 Å². The molecule has 1 aromatic rings. The minimum absolute atomic E-state index is 0.0630. The van der Waals surface area contributed by atoms with Gasteiger partial charge in [-0.2, -0.15) is 0 Å². The van der Waals surface area contributed by atoms with Crippen LogP contribution in [-0.2, 0) is 14.3 Å². The van der Waals surface area contributed by atoms with Crippen LogP contribution < -0.4 is 4.90 Å². The number of rotatable bonds is 4. The second-order valence-electron chi connectivity index (χ2n) is 10.8. The lowest BCUT2D eigenvalue weighted by Crippen LogP contribution is -2.37. The van der Waals surface area contributed by atoms with Gasteiger partial charge in [0.05, 0.1) is 23.1 Å². The van der Waals surface area contributed by atoms with Crippen molar-refractivity contribution in [1.29, 1.82) is 0 Å². The van der Waals surface area contributed by atoms with Gasteiger partial charge in [0.25, 0.3) is 0 Å². The molecular weight excluding hydrogens is 550 g/mol. The third kappa shape index (κ3) is 3.81. The molecule has 5 nitrogen and oxygen atoms in total. The van der Waals surface area contributed by atoms with Gasteiger partial charge in [0, 0.05) is 9.65 Å². The number of alkyl halides is 2. The number of ether oxygens (including phenoxy) is 1. The van der Waals surface area contributed by atoms with Crippen molar-refractivity contribution in [2.24, 2.45) is 41.4 Å². The van der Waals surface area contributed by atoms with Crippen LogP contribution in [0.15, 0.2) is 24.3 Å². The van der Waals surface area contributed by atoms with E-state index in [9.17, 15) is 14.4 Å². The van der Waals surface area contributed by atoms with Crippen molar-refractivity contribution < 1.29 is 19.1 Å². The number of halogens is 2. The molecule has 5 rings (SSSR count). The molecule has 9 atom stereocenters. The highest BCUT2D eigenvalue weighted by Gasteiger charge is 2.66. The van der Waals surface area contributed by atoms with E-state index in [0.717, 1.165) is 19.3 Å². The minimum atomic E-state index is -0.329. The van der Waals surface area contributed by atoms with Crippen LogP contribution in [0.5, 0.6) is 0 Å². The van der Waals surface area contributed by atoms with Crippen LogP contribution in [0.4, 0.5) is 5.69 Å². The zero-order valence-corrected chi connectivity index (χ0v) is 22.4.